The Morgan fingerprint density at radius 2 is 2.62 bits per heavy atom. The van der Waals surface area contributed by atoms with E-state index in [1.54, 1.807) is 11.8 Å². The second-order valence-corrected chi connectivity index (χ2v) is 3.69. The molecule has 8 heavy (non-hydrogen) atoms. The van der Waals surface area contributed by atoms with Gasteiger partial charge in [-0.2, -0.15) is 0 Å². The molecule has 0 amide bonds. The van der Waals surface area contributed by atoms with Gasteiger partial charge >= 0.3 is 0 Å². The van der Waals surface area contributed by atoms with E-state index in [2.05, 4.69) is 15.9 Å². The van der Waals surface area contributed by atoms with E-state index in [9.17, 15) is 4.79 Å². The lowest BCUT2D eigenvalue weighted by atomic mass is 10.2. The van der Waals surface area contributed by atoms with Crippen molar-refractivity contribution in [1.29, 1.82) is 0 Å². The van der Waals surface area contributed by atoms with Crippen molar-refractivity contribution in [2.24, 2.45) is 0 Å². The molecule has 0 saturated carbocycles. The molecule has 1 aliphatic heterocycles. The molecule has 1 heterocycles. The van der Waals surface area contributed by atoms with Crippen molar-refractivity contribution in [3.05, 3.63) is 0 Å². The molecule has 1 atom stereocenters. The first-order chi connectivity index (χ1) is 3.84. The minimum atomic E-state index is 0.259. The Morgan fingerprint density at radius 3 is 2.88 bits per heavy atom. The summed E-state index contributed by atoms with van der Waals surface area (Å²) in [5, 5.41) is 1.09. The van der Waals surface area contributed by atoms with Crippen molar-refractivity contribution in [1.82, 2.24) is 0 Å². The molecule has 0 aromatic carbocycles. The predicted octanol–water partition coefficient (Wildman–Crippen LogP) is 1.46. The van der Waals surface area contributed by atoms with E-state index in [0.717, 1.165) is 17.5 Å². The van der Waals surface area contributed by atoms with Crippen LogP contribution in [0.25, 0.3) is 0 Å². The van der Waals surface area contributed by atoms with Crippen LogP contribution in [0.2, 0.25) is 0 Å². The Bertz CT molecular complexity index is 105. The average Bonchev–Trinajstić information content (AvgIpc) is 2.14. The highest BCUT2D eigenvalue weighted by Gasteiger charge is 2.22. The SMILES string of the molecule is O=C1CCSC1CBr. The van der Waals surface area contributed by atoms with Gasteiger partial charge in [-0.3, -0.25) is 4.79 Å². The van der Waals surface area contributed by atoms with Gasteiger partial charge in [0.05, 0.1) is 5.25 Å². The maximum atomic E-state index is 10.8. The number of carbonyl (C=O) groups excluding carboxylic acids is 1. The molecule has 3 heteroatoms. The Morgan fingerprint density at radius 1 is 1.88 bits per heavy atom. The van der Waals surface area contributed by atoms with Crippen molar-refractivity contribution < 1.29 is 4.79 Å². The third kappa shape index (κ3) is 1.26. The molecule has 0 N–H and O–H groups in total. The summed E-state index contributed by atoms with van der Waals surface area (Å²) in [6, 6.07) is 0. The van der Waals surface area contributed by atoms with E-state index in [4.69, 9.17) is 0 Å². The van der Waals surface area contributed by atoms with E-state index in [1.165, 1.54) is 0 Å². The van der Waals surface area contributed by atoms with Crippen LogP contribution >= 0.6 is 27.7 Å². The summed E-state index contributed by atoms with van der Waals surface area (Å²) in [4.78, 5) is 10.8. The Labute approximate surface area is 61.3 Å². The molecule has 0 bridgehead atoms. The fourth-order valence-corrected chi connectivity index (χ4v) is 2.60. The number of thioether (sulfide) groups is 1. The number of ketones is 1. The van der Waals surface area contributed by atoms with Gasteiger partial charge in [0.1, 0.15) is 5.78 Å². The molecule has 1 fully saturated rings. The van der Waals surface area contributed by atoms with E-state index in [1.807, 2.05) is 0 Å². The maximum Gasteiger partial charge on any atom is 0.147 e. The summed E-state index contributed by atoms with van der Waals surface area (Å²) >= 11 is 5.03. The van der Waals surface area contributed by atoms with Crippen LogP contribution in [-0.2, 0) is 4.79 Å². The molecule has 0 aromatic heterocycles. The molecular weight excluding hydrogens is 188 g/mol. The quantitative estimate of drug-likeness (QED) is 0.589. The van der Waals surface area contributed by atoms with Gasteiger partial charge in [-0.25, -0.2) is 0 Å². The highest BCUT2D eigenvalue weighted by atomic mass is 79.9. The molecule has 0 aliphatic carbocycles. The monoisotopic (exact) mass is 194 g/mol. The number of halogens is 1. The molecular formula is C5H7BrOS. The Kier molecular flexibility index (Phi) is 2.38. The summed E-state index contributed by atoms with van der Waals surface area (Å²) in [5.74, 6) is 1.43. The van der Waals surface area contributed by atoms with Crippen molar-refractivity contribution >= 4 is 33.5 Å². The number of carbonyl (C=O) groups is 1. The standard InChI is InChI=1S/C5H7BrOS/c6-3-5-4(7)1-2-8-5/h5H,1-3H2. The topological polar surface area (TPSA) is 17.1 Å². The molecule has 1 rings (SSSR count). The van der Waals surface area contributed by atoms with Gasteiger partial charge in [-0.15, -0.1) is 11.8 Å². The molecule has 0 radical (unpaired) electrons. The van der Waals surface area contributed by atoms with Gasteiger partial charge in [0.2, 0.25) is 0 Å². The lowest BCUT2D eigenvalue weighted by Crippen LogP contribution is -2.10. The second kappa shape index (κ2) is 2.87. The van der Waals surface area contributed by atoms with Crippen molar-refractivity contribution in [3.63, 3.8) is 0 Å². The minimum absolute atomic E-state index is 0.259. The van der Waals surface area contributed by atoms with Gasteiger partial charge in [0.25, 0.3) is 0 Å². The van der Waals surface area contributed by atoms with Crippen LogP contribution in [0, 0.1) is 0 Å². The summed E-state index contributed by atoms with van der Waals surface area (Å²) in [6.45, 7) is 0. The fourth-order valence-electron chi connectivity index (χ4n) is 0.686. The zero-order chi connectivity index (χ0) is 5.98. The third-order valence-corrected chi connectivity index (χ3v) is 3.51. The van der Waals surface area contributed by atoms with Gasteiger partial charge < -0.3 is 0 Å². The highest BCUT2D eigenvalue weighted by Crippen LogP contribution is 2.23. The van der Waals surface area contributed by atoms with Gasteiger partial charge in [-0.05, 0) is 0 Å². The first kappa shape index (κ1) is 6.62. The number of hydrogen-bond acceptors (Lipinski definition) is 2. The summed E-state index contributed by atoms with van der Waals surface area (Å²) in [6.07, 6.45) is 0.779. The van der Waals surface area contributed by atoms with Gasteiger partial charge in [0, 0.05) is 17.5 Å². The van der Waals surface area contributed by atoms with Crippen molar-refractivity contribution in [3.8, 4) is 0 Å². The average molecular weight is 195 g/mol. The zero-order valence-corrected chi connectivity index (χ0v) is 6.80. The summed E-state index contributed by atoms with van der Waals surface area (Å²) in [7, 11) is 0. The van der Waals surface area contributed by atoms with Crippen molar-refractivity contribution in [2.75, 3.05) is 11.1 Å². The summed E-state index contributed by atoms with van der Waals surface area (Å²) in [5.41, 5.74) is 0. The second-order valence-electron chi connectivity index (χ2n) is 1.73. The number of hydrogen-bond donors (Lipinski definition) is 0. The normalized spacial score (nSPS) is 29.1. The van der Waals surface area contributed by atoms with Crippen molar-refractivity contribution in [2.45, 2.75) is 11.7 Å². The first-order valence-corrected chi connectivity index (χ1v) is 4.72. The molecule has 0 spiro atoms. The predicted molar refractivity (Wildman–Crippen MR) is 39.7 cm³/mol. The van der Waals surface area contributed by atoms with E-state index in [0.29, 0.717) is 5.78 Å². The van der Waals surface area contributed by atoms with E-state index < -0.39 is 0 Å². The molecule has 0 aromatic rings. The highest BCUT2D eigenvalue weighted by molar-refractivity contribution is 9.09. The maximum absolute atomic E-state index is 10.8. The van der Waals surface area contributed by atoms with Gasteiger partial charge in [0.15, 0.2) is 0 Å². The minimum Gasteiger partial charge on any atom is -0.298 e. The Balaban J connectivity index is 2.42. The molecule has 1 aliphatic rings. The number of alkyl halides is 1. The smallest absolute Gasteiger partial charge is 0.147 e. The lowest BCUT2D eigenvalue weighted by molar-refractivity contribution is -0.117. The first-order valence-electron chi connectivity index (χ1n) is 2.55. The molecule has 1 unspecified atom stereocenters. The lowest BCUT2D eigenvalue weighted by Gasteiger charge is -1.97. The third-order valence-electron chi connectivity index (χ3n) is 1.17. The van der Waals surface area contributed by atoms with E-state index >= 15 is 0 Å². The van der Waals surface area contributed by atoms with Crippen LogP contribution in [0.4, 0.5) is 0 Å². The van der Waals surface area contributed by atoms with E-state index in [-0.39, 0.29) is 5.25 Å². The van der Waals surface area contributed by atoms with Crippen LogP contribution in [-0.4, -0.2) is 22.1 Å². The molecule has 1 saturated heterocycles. The molecule has 1 nitrogen and oxygen atoms in total. The number of rotatable bonds is 1. The van der Waals surface area contributed by atoms with Crippen LogP contribution in [0.5, 0.6) is 0 Å². The summed E-state index contributed by atoms with van der Waals surface area (Å²) < 4.78 is 0. The number of Topliss-reactive ketones (excluding diaryl/α,β-unsaturated/α-hetero) is 1. The zero-order valence-electron chi connectivity index (χ0n) is 4.39. The largest absolute Gasteiger partial charge is 0.298 e. The molecule has 46 valence electrons. The van der Waals surface area contributed by atoms with Crippen LogP contribution in [0.1, 0.15) is 6.42 Å². The van der Waals surface area contributed by atoms with Gasteiger partial charge in [-0.1, -0.05) is 15.9 Å². The fraction of sp³-hybridized carbons (Fsp3) is 0.800. The van der Waals surface area contributed by atoms with Crippen LogP contribution < -0.4 is 0 Å². The van der Waals surface area contributed by atoms with Crippen LogP contribution in [0.3, 0.4) is 0 Å². The van der Waals surface area contributed by atoms with Crippen LogP contribution in [0.15, 0.2) is 0 Å². The Hall–Kier alpha value is 0.500.